The summed E-state index contributed by atoms with van der Waals surface area (Å²) >= 11 is 0. The normalized spacial score (nSPS) is 17.9. The van der Waals surface area contributed by atoms with Crippen LogP contribution in [-0.2, 0) is 0 Å². The molecule has 2 rings (SSSR count). The molecule has 18 heavy (non-hydrogen) atoms. The molecular formula is C15H21FO2. The lowest BCUT2D eigenvalue weighted by Gasteiger charge is -2.16. The maximum atomic E-state index is 13.3. The van der Waals surface area contributed by atoms with Crippen molar-refractivity contribution in [1.82, 2.24) is 0 Å². The number of aliphatic hydroxyl groups excluding tert-OH is 1. The second-order valence-electron chi connectivity index (χ2n) is 5.26. The number of aliphatic hydroxyl groups is 1. The summed E-state index contributed by atoms with van der Waals surface area (Å²) in [5, 5.41) is 9.88. The van der Waals surface area contributed by atoms with Crippen LogP contribution >= 0.6 is 0 Å². The third kappa shape index (κ3) is 3.70. The zero-order chi connectivity index (χ0) is 13.0. The van der Waals surface area contributed by atoms with E-state index in [2.05, 4.69) is 0 Å². The number of benzene rings is 1. The standard InChI is InChI=1S/C15H21FO2/c1-11-6-7-14(9-15(11)16)18-10-13(17)8-12-4-2-3-5-12/h6-7,9,12-13,17H,2-5,8,10H2,1H3. The fraction of sp³-hybridized carbons (Fsp3) is 0.600. The Morgan fingerprint density at radius 1 is 1.39 bits per heavy atom. The molecule has 0 heterocycles. The lowest BCUT2D eigenvalue weighted by atomic mass is 10.0. The van der Waals surface area contributed by atoms with E-state index in [0.717, 1.165) is 6.42 Å². The molecule has 1 aromatic rings. The molecule has 0 amide bonds. The first-order valence-electron chi connectivity index (χ1n) is 6.72. The van der Waals surface area contributed by atoms with Gasteiger partial charge in [-0.05, 0) is 30.9 Å². The number of hydrogen-bond donors (Lipinski definition) is 1. The highest BCUT2D eigenvalue weighted by Crippen LogP contribution is 2.28. The first-order chi connectivity index (χ1) is 8.65. The molecular weight excluding hydrogens is 231 g/mol. The van der Waals surface area contributed by atoms with Gasteiger partial charge in [0.05, 0.1) is 6.10 Å². The number of hydrogen-bond acceptors (Lipinski definition) is 2. The van der Waals surface area contributed by atoms with Gasteiger partial charge in [0.2, 0.25) is 0 Å². The molecule has 1 N–H and O–H groups in total. The third-order valence-electron chi connectivity index (χ3n) is 3.67. The summed E-state index contributed by atoms with van der Waals surface area (Å²) in [6, 6.07) is 4.80. The lowest BCUT2D eigenvalue weighted by molar-refractivity contribution is 0.0854. The Morgan fingerprint density at radius 3 is 2.78 bits per heavy atom. The highest BCUT2D eigenvalue weighted by molar-refractivity contribution is 5.27. The summed E-state index contributed by atoms with van der Waals surface area (Å²) < 4.78 is 18.7. The minimum Gasteiger partial charge on any atom is -0.491 e. The average Bonchev–Trinajstić information content (AvgIpc) is 2.83. The quantitative estimate of drug-likeness (QED) is 0.869. The Labute approximate surface area is 108 Å². The summed E-state index contributed by atoms with van der Waals surface area (Å²) in [5.41, 5.74) is 0.605. The highest BCUT2D eigenvalue weighted by Gasteiger charge is 2.19. The third-order valence-corrected chi connectivity index (χ3v) is 3.67. The molecule has 0 radical (unpaired) electrons. The van der Waals surface area contributed by atoms with E-state index < -0.39 is 6.10 Å². The van der Waals surface area contributed by atoms with Gasteiger partial charge in [0.1, 0.15) is 18.2 Å². The van der Waals surface area contributed by atoms with Gasteiger partial charge in [-0.1, -0.05) is 31.7 Å². The van der Waals surface area contributed by atoms with Crippen LogP contribution in [0.2, 0.25) is 0 Å². The van der Waals surface area contributed by atoms with Crippen molar-refractivity contribution in [3.05, 3.63) is 29.6 Å². The largest absolute Gasteiger partial charge is 0.491 e. The maximum absolute atomic E-state index is 13.3. The topological polar surface area (TPSA) is 29.5 Å². The minimum absolute atomic E-state index is 0.249. The molecule has 1 saturated carbocycles. The SMILES string of the molecule is Cc1ccc(OCC(O)CC2CCCC2)cc1F. The van der Waals surface area contributed by atoms with Gasteiger partial charge in [0.15, 0.2) is 0 Å². The molecule has 1 unspecified atom stereocenters. The Hall–Kier alpha value is -1.09. The monoisotopic (exact) mass is 252 g/mol. The van der Waals surface area contributed by atoms with Crippen LogP contribution in [0.15, 0.2) is 18.2 Å². The van der Waals surface area contributed by atoms with Crippen LogP contribution in [0.1, 0.15) is 37.7 Å². The van der Waals surface area contributed by atoms with Crippen molar-refractivity contribution in [1.29, 1.82) is 0 Å². The van der Waals surface area contributed by atoms with Crippen LogP contribution in [-0.4, -0.2) is 17.8 Å². The second-order valence-corrected chi connectivity index (χ2v) is 5.26. The molecule has 0 saturated heterocycles. The van der Waals surface area contributed by atoms with Gasteiger partial charge in [0.25, 0.3) is 0 Å². The Bertz CT molecular complexity index is 386. The summed E-state index contributed by atoms with van der Waals surface area (Å²) in [7, 11) is 0. The van der Waals surface area contributed by atoms with Crippen molar-refractivity contribution in [2.75, 3.05) is 6.61 Å². The van der Waals surface area contributed by atoms with Gasteiger partial charge in [-0.15, -0.1) is 0 Å². The second kappa shape index (κ2) is 6.19. The molecule has 0 bridgehead atoms. The van der Waals surface area contributed by atoms with Crippen molar-refractivity contribution < 1.29 is 14.2 Å². The van der Waals surface area contributed by atoms with E-state index in [-0.39, 0.29) is 12.4 Å². The Kier molecular flexibility index (Phi) is 4.59. The summed E-state index contributed by atoms with van der Waals surface area (Å²) in [6.07, 6.45) is 5.35. The number of rotatable bonds is 5. The van der Waals surface area contributed by atoms with Gasteiger partial charge in [0, 0.05) is 6.07 Å². The molecule has 1 aliphatic rings. The number of ether oxygens (including phenoxy) is 1. The van der Waals surface area contributed by atoms with Crippen molar-refractivity contribution in [2.24, 2.45) is 5.92 Å². The molecule has 2 nitrogen and oxygen atoms in total. The molecule has 1 fully saturated rings. The first kappa shape index (κ1) is 13.3. The highest BCUT2D eigenvalue weighted by atomic mass is 19.1. The van der Waals surface area contributed by atoms with Crippen molar-refractivity contribution >= 4 is 0 Å². The predicted octanol–water partition coefficient (Wildman–Crippen LogP) is 3.45. The summed E-state index contributed by atoms with van der Waals surface area (Å²) in [5.74, 6) is 0.861. The van der Waals surface area contributed by atoms with Crippen molar-refractivity contribution in [2.45, 2.75) is 45.1 Å². The van der Waals surface area contributed by atoms with E-state index in [9.17, 15) is 9.50 Å². The zero-order valence-corrected chi connectivity index (χ0v) is 10.9. The van der Waals surface area contributed by atoms with E-state index in [0.29, 0.717) is 17.2 Å². The fourth-order valence-electron chi connectivity index (χ4n) is 2.55. The fourth-order valence-corrected chi connectivity index (χ4v) is 2.55. The molecule has 1 aromatic carbocycles. The molecule has 0 spiro atoms. The van der Waals surface area contributed by atoms with Gasteiger partial charge in [-0.2, -0.15) is 0 Å². The molecule has 1 aliphatic carbocycles. The van der Waals surface area contributed by atoms with E-state index in [1.54, 1.807) is 19.1 Å². The van der Waals surface area contributed by atoms with Crippen molar-refractivity contribution in [3.8, 4) is 5.75 Å². The summed E-state index contributed by atoms with van der Waals surface area (Å²) in [6.45, 7) is 1.97. The van der Waals surface area contributed by atoms with Crippen LogP contribution in [0.4, 0.5) is 4.39 Å². The van der Waals surface area contributed by atoms with E-state index in [4.69, 9.17) is 4.74 Å². The number of halogens is 1. The van der Waals surface area contributed by atoms with Crippen LogP contribution in [0, 0.1) is 18.7 Å². The Morgan fingerprint density at radius 2 is 2.11 bits per heavy atom. The Balaban J connectivity index is 1.77. The van der Waals surface area contributed by atoms with Crippen LogP contribution in [0.25, 0.3) is 0 Å². The predicted molar refractivity (Wildman–Crippen MR) is 69.2 cm³/mol. The average molecular weight is 252 g/mol. The minimum atomic E-state index is -0.447. The van der Waals surface area contributed by atoms with Gasteiger partial charge in [-0.3, -0.25) is 0 Å². The van der Waals surface area contributed by atoms with Crippen molar-refractivity contribution in [3.63, 3.8) is 0 Å². The zero-order valence-electron chi connectivity index (χ0n) is 10.9. The smallest absolute Gasteiger partial charge is 0.129 e. The van der Waals surface area contributed by atoms with Gasteiger partial charge in [-0.25, -0.2) is 4.39 Å². The molecule has 100 valence electrons. The molecule has 0 aromatic heterocycles. The lowest BCUT2D eigenvalue weighted by Crippen LogP contribution is -2.20. The number of aryl methyl sites for hydroxylation is 1. The molecule has 1 atom stereocenters. The summed E-state index contributed by atoms with van der Waals surface area (Å²) in [4.78, 5) is 0. The molecule has 0 aliphatic heterocycles. The molecule has 3 heteroatoms. The van der Waals surface area contributed by atoms with Gasteiger partial charge < -0.3 is 9.84 Å². The van der Waals surface area contributed by atoms with E-state index in [1.807, 2.05) is 0 Å². The van der Waals surface area contributed by atoms with Crippen LogP contribution in [0.3, 0.4) is 0 Å². The van der Waals surface area contributed by atoms with Crippen LogP contribution < -0.4 is 4.74 Å². The van der Waals surface area contributed by atoms with E-state index in [1.165, 1.54) is 31.7 Å². The van der Waals surface area contributed by atoms with E-state index >= 15 is 0 Å². The first-order valence-corrected chi connectivity index (χ1v) is 6.72. The van der Waals surface area contributed by atoms with Gasteiger partial charge >= 0.3 is 0 Å². The maximum Gasteiger partial charge on any atom is 0.129 e. The van der Waals surface area contributed by atoms with Crippen LogP contribution in [0.5, 0.6) is 5.75 Å².